The van der Waals surface area contributed by atoms with E-state index >= 15 is 0 Å². The van der Waals surface area contributed by atoms with Crippen LogP contribution in [0.4, 0.5) is 0 Å². The molecule has 0 heterocycles. The van der Waals surface area contributed by atoms with Crippen LogP contribution in [0.25, 0.3) is 0 Å². The molecule has 0 saturated heterocycles. The maximum Gasteiger partial charge on any atom is 0.243 e. The number of carbonyl (C=O) groups is 1. The standard InChI is InChI=1S/C23H29BrN2O4S/c1-17(18-8-12-21(30-2)13-9-18)25-23(27)16-26(20-6-4-3-5-7-20)31(28,29)22-14-10-19(24)11-15-22/h8-15,17,20H,3-7,16H2,1-2H3,(H,25,27)/t17-/m0/s1. The maximum atomic E-state index is 13.4. The first-order chi connectivity index (χ1) is 14.8. The number of sulfonamides is 1. The fourth-order valence-corrected chi connectivity index (χ4v) is 5.83. The number of hydrogen-bond acceptors (Lipinski definition) is 4. The molecule has 0 spiro atoms. The van der Waals surface area contributed by atoms with Crippen LogP contribution in [-0.2, 0) is 14.8 Å². The molecule has 1 aliphatic carbocycles. The van der Waals surface area contributed by atoms with Crippen molar-refractivity contribution in [2.75, 3.05) is 13.7 Å². The molecule has 1 saturated carbocycles. The highest BCUT2D eigenvalue weighted by molar-refractivity contribution is 9.10. The molecule has 1 atom stereocenters. The Kier molecular flexibility index (Phi) is 8.13. The molecule has 0 radical (unpaired) electrons. The highest BCUT2D eigenvalue weighted by Gasteiger charge is 2.34. The molecule has 0 bridgehead atoms. The number of methoxy groups -OCH3 is 1. The van der Waals surface area contributed by atoms with Crippen molar-refractivity contribution in [3.05, 3.63) is 58.6 Å². The fourth-order valence-electron chi connectivity index (χ4n) is 3.93. The van der Waals surface area contributed by atoms with E-state index in [9.17, 15) is 13.2 Å². The van der Waals surface area contributed by atoms with Crippen molar-refractivity contribution >= 4 is 31.9 Å². The van der Waals surface area contributed by atoms with Gasteiger partial charge in [0.2, 0.25) is 15.9 Å². The summed E-state index contributed by atoms with van der Waals surface area (Å²) in [5.74, 6) is 0.431. The minimum absolute atomic E-state index is 0.163. The van der Waals surface area contributed by atoms with Crippen molar-refractivity contribution in [2.24, 2.45) is 0 Å². The molecular formula is C23H29BrN2O4S. The van der Waals surface area contributed by atoms with Crippen LogP contribution in [0.5, 0.6) is 5.75 Å². The van der Waals surface area contributed by atoms with Gasteiger partial charge in [-0.25, -0.2) is 8.42 Å². The first-order valence-electron chi connectivity index (χ1n) is 10.5. The minimum atomic E-state index is -3.79. The van der Waals surface area contributed by atoms with Crippen LogP contribution < -0.4 is 10.1 Å². The number of carbonyl (C=O) groups excluding carboxylic acids is 1. The lowest BCUT2D eigenvalue weighted by Gasteiger charge is -2.33. The van der Waals surface area contributed by atoms with E-state index in [-0.39, 0.29) is 29.4 Å². The maximum absolute atomic E-state index is 13.4. The lowest BCUT2D eigenvalue weighted by atomic mass is 9.95. The van der Waals surface area contributed by atoms with Crippen molar-refractivity contribution in [1.29, 1.82) is 0 Å². The Balaban J connectivity index is 1.77. The quantitative estimate of drug-likeness (QED) is 0.562. The molecule has 1 N–H and O–H groups in total. The number of rotatable bonds is 8. The molecule has 0 aliphatic heterocycles. The molecule has 168 valence electrons. The molecule has 1 amide bonds. The molecule has 2 aromatic rings. The number of halogens is 1. The van der Waals surface area contributed by atoms with Crippen LogP contribution in [0, 0.1) is 0 Å². The average molecular weight is 509 g/mol. The van der Waals surface area contributed by atoms with Crippen molar-refractivity contribution in [2.45, 2.75) is 56.0 Å². The predicted octanol–water partition coefficient (Wildman–Crippen LogP) is 4.66. The molecule has 2 aromatic carbocycles. The van der Waals surface area contributed by atoms with Crippen LogP contribution in [0.15, 0.2) is 57.9 Å². The third-order valence-electron chi connectivity index (χ3n) is 5.69. The molecule has 8 heteroatoms. The van der Waals surface area contributed by atoms with Crippen molar-refractivity contribution < 1.29 is 17.9 Å². The first-order valence-corrected chi connectivity index (χ1v) is 12.8. The van der Waals surface area contributed by atoms with Crippen LogP contribution in [0.2, 0.25) is 0 Å². The smallest absolute Gasteiger partial charge is 0.243 e. The molecule has 6 nitrogen and oxygen atoms in total. The molecule has 1 fully saturated rings. The van der Waals surface area contributed by atoms with Crippen molar-refractivity contribution in [3.63, 3.8) is 0 Å². The number of ether oxygens (including phenoxy) is 1. The van der Waals surface area contributed by atoms with Gasteiger partial charge in [0.05, 0.1) is 24.6 Å². The van der Waals surface area contributed by atoms with Crippen LogP contribution in [0.3, 0.4) is 0 Å². The Labute approximate surface area is 193 Å². The third kappa shape index (κ3) is 6.08. The van der Waals surface area contributed by atoms with Gasteiger partial charge in [0.15, 0.2) is 0 Å². The summed E-state index contributed by atoms with van der Waals surface area (Å²) in [6.45, 7) is 1.69. The normalized spacial score (nSPS) is 16.1. The number of hydrogen-bond donors (Lipinski definition) is 1. The fraction of sp³-hybridized carbons (Fsp3) is 0.435. The Morgan fingerprint density at radius 3 is 2.29 bits per heavy atom. The zero-order valence-electron chi connectivity index (χ0n) is 17.9. The topological polar surface area (TPSA) is 75.7 Å². The monoisotopic (exact) mass is 508 g/mol. The Morgan fingerprint density at radius 2 is 1.71 bits per heavy atom. The number of nitrogens with one attached hydrogen (secondary N) is 1. The summed E-state index contributed by atoms with van der Waals surface area (Å²) in [4.78, 5) is 13.1. The second-order valence-corrected chi connectivity index (χ2v) is 10.7. The Hall–Kier alpha value is -1.90. The van der Waals surface area contributed by atoms with Gasteiger partial charge in [-0.3, -0.25) is 4.79 Å². The Morgan fingerprint density at radius 1 is 1.10 bits per heavy atom. The van der Waals surface area contributed by atoms with Crippen molar-refractivity contribution in [1.82, 2.24) is 9.62 Å². The molecular weight excluding hydrogens is 480 g/mol. The molecule has 31 heavy (non-hydrogen) atoms. The Bertz CT molecular complexity index is 972. The number of benzene rings is 2. The summed E-state index contributed by atoms with van der Waals surface area (Å²) >= 11 is 3.34. The summed E-state index contributed by atoms with van der Waals surface area (Å²) in [6.07, 6.45) is 4.60. The minimum Gasteiger partial charge on any atom is -0.497 e. The van der Waals surface area contributed by atoms with Gasteiger partial charge in [0, 0.05) is 10.5 Å². The summed E-state index contributed by atoms with van der Waals surface area (Å²) in [5, 5.41) is 2.94. The van der Waals surface area contributed by atoms with E-state index in [2.05, 4.69) is 21.2 Å². The second kappa shape index (κ2) is 10.6. The third-order valence-corrected chi connectivity index (χ3v) is 8.14. The highest BCUT2D eigenvalue weighted by atomic mass is 79.9. The first kappa shape index (κ1) is 23.8. The van der Waals surface area contributed by atoms with E-state index in [0.29, 0.717) is 0 Å². The average Bonchev–Trinajstić information content (AvgIpc) is 2.78. The van der Waals surface area contributed by atoms with Gasteiger partial charge >= 0.3 is 0 Å². The summed E-state index contributed by atoms with van der Waals surface area (Å²) < 4.78 is 34.2. The van der Waals surface area contributed by atoms with Crippen LogP contribution in [-0.4, -0.2) is 38.3 Å². The molecule has 3 rings (SSSR count). The van der Waals surface area contributed by atoms with E-state index in [1.807, 2.05) is 31.2 Å². The number of nitrogens with zero attached hydrogens (tertiary/aromatic N) is 1. The van der Waals surface area contributed by atoms with Gasteiger partial charge in [-0.2, -0.15) is 4.31 Å². The van der Waals surface area contributed by atoms with E-state index in [0.717, 1.165) is 47.9 Å². The lowest BCUT2D eigenvalue weighted by molar-refractivity contribution is -0.122. The lowest BCUT2D eigenvalue weighted by Crippen LogP contribution is -2.47. The molecule has 1 aliphatic rings. The summed E-state index contributed by atoms with van der Waals surface area (Å²) in [5.41, 5.74) is 0.925. The van der Waals surface area contributed by atoms with Gasteiger partial charge in [-0.1, -0.05) is 47.3 Å². The number of amides is 1. The largest absolute Gasteiger partial charge is 0.497 e. The van der Waals surface area contributed by atoms with Gasteiger partial charge in [0.25, 0.3) is 0 Å². The predicted molar refractivity (Wildman–Crippen MR) is 124 cm³/mol. The van der Waals surface area contributed by atoms with Gasteiger partial charge < -0.3 is 10.1 Å². The molecule has 0 aromatic heterocycles. The zero-order valence-corrected chi connectivity index (χ0v) is 20.3. The van der Waals surface area contributed by atoms with Crippen molar-refractivity contribution in [3.8, 4) is 5.75 Å². The van der Waals surface area contributed by atoms with Gasteiger partial charge in [-0.05, 0) is 61.7 Å². The van der Waals surface area contributed by atoms with E-state index in [1.165, 1.54) is 4.31 Å². The van der Waals surface area contributed by atoms with E-state index in [4.69, 9.17) is 4.74 Å². The molecule has 0 unspecified atom stereocenters. The summed E-state index contributed by atoms with van der Waals surface area (Å²) in [7, 11) is -2.18. The summed E-state index contributed by atoms with van der Waals surface area (Å²) in [6, 6.07) is 13.6. The van der Waals surface area contributed by atoms with E-state index < -0.39 is 10.0 Å². The SMILES string of the molecule is COc1ccc([C@H](C)NC(=O)CN(C2CCCCC2)S(=O)(=O)c2ccc(Br)cc2)cc1. The zero-order chi connectivity index (χ0) is 22.4. The van der Waals surface area contributed by atoms with Gasteiger partial charge in [0.1, 0.15) is 5.75 Å². The van der Waals surface area contributed by atoms with E-state index in [1.54, 1.807) is 31.4 Å². The van der Waals surface area contributed by atoms with Gasteiger partial charge in [-0.15, -0.1) is 0 Å². The van der Waals surface area contributed by atoms with Crippen LogP contribution in [0.1, 0.15) is 50.6 Å². The van der Waals surface area contributed by atoms with Crippen LogP contribution >= 0.6 is 15.9 Å². The second-order valence-electron chi connectivity index (χ2n) is 7.86. The highest BCUT2D eigenvalue weighted by Crippen LogP contribution is 2.28.